The molecule has 0 saturated heterocycles. The van der Waals surface area contributed by atoms with E-state index in [9.17, 15) is 9.59 Å². The van der Waals surface area contributed by atoms with Gasteiger partial charge >= 0.3 is 0 Å². The van der Waals surface area contributed by atoms with Crippen molar-refractivity contribution in [2.24, 2.45) is 0 Å². The van der Waals surface area contributed by atoms with E-state index in [-0.39, 0.29) is 11.8 Å². The van der Waals surface area contributed by atoms with Gasteiger partial charge in [0.15, 0.2) is 0 Å². The molecule has 1 saturated carbocycles. The van der Waals surface area contributed by atoms with Crippen molar-refractivity contribution in [2.45, 2.75) is 45.2 Å². The van der Waals surface area contributed by atoms with Crippen LogP contribution in [0.5, 0.6) is 0 Å². The third-order valence-electron chi connectivity index (χ3n) is 4.93. The number of aryl methyl sites for hydroxylation is 1. The molecular weight excluding hydrogens is 356 g/mol. The zero-order chi connectivity index (χ0) is 19.7. The second-order valence-electron chi connectivity index (χ2n) is 7.22. The molecule has 2 amide bonds. The van der Waals surface area contributed by atoms with Crippen molar-refractivity contribution in [2.75, 3.05) is 0 Å². The minimum atomic E-state index is -0.677. The quantitative estimate of drug-likeness (QED) is 0.687. The molecule has 1 aliphatic rings. The fourth-order valence-electron chi connectivity index (χ4n) is 3.16. The number of fused-ring (bicyclic) bond motifs is 1. The fraction of sp³-hybridized carbons (Fsp3) is 0.333. The lowest BCUT2D eigenvalue weighted by Crippen LogP contribution is -2.44. The maximum absolute atomic E-state index is 12.9. The van der Waals surface area contributed by atoms with Crippen LogP contribution >= 0.6 is 0 Å². The molecule has 2 N–H and O–H groups in total. The number of nitrogens with one attached hydrogen (secondary N) is 2. The number of aromatic nitrogens is 2. The Morgan fingerprint density at radius 1 is 1.25 bits per heavy atom. The van der Waals surface area contributed by atoms with Crippen LogP contribution in [0.3, 0.4) is 0 Å². The molecular formula is C21H22N4O3. The van der Waals surface area contributed by atoms with Gasteiger partial charge in [0.2, 0.25) is 5.91 Å². The van der Waals surface area contributed by atoms with Gasteiger partial charge in [0, 0.05) is 18.2 Å². The molecule has 144 valence electrons. The molecule has 1 aliphatic carbocycles. The summed E-state index contributed by atoms with van der Waals surface area (Å²) in [7, 11) is 0. The Kier molecular flexibility index (Phi) is 4.81. The Hall–Kier alpha value is -3.22. The third kappa shape index (κ3) is 3.74. The maximum atomic E-state index is 12.9. The molecule has 0 spiro atoms. The van der Waals surface area contributed by atoms with Crippen molar-refractivity contribution < 1.29 is 14.1 Å². The minimum Gasteiger partial charge on any atom is -0.350 e. The number of nitrogens with zero attached hydrogens (tertiary/aromatic N) is 2. The van der Waals surface area contributed by atoms with E-state index in [1.165, 1.54) is 0 Å². The summed E-state index contributed by atoms with van der Waals surface area (Å²) in [5.41, 5.74) is 3.27. The summed E-state index contributed by atoms with van der Waals surface area (Å²) in [5, 5.41) is 10.2. The van der Waals surface area contributed by atoms with E-state index in [2.05, 4.69) is 20.8 Å². The van der Waals surface area contributed by atoms with E-state index < -0.39 is 6.04 Å². The number of hydrogen-bond donors (Lipinski definition) is 2. The molecule has 1 atom stereocenters. The van der Waals surface area contributed by atoms with Crippen LogP contribution in [0.25, 0.3) is 11.1 Å². The van der Waals surface area contributed by atoms with E-state index in [4.69, 9.17) is 4.52 Å². The monoisotopic (exact) mass is 378 g/mol. The average Bonchev–Trinajstić information content (AvgIpc) is 3.49. The smallest absolute Gasteiger partial charge is 0.259 e. The first-order valence-corrected chi connectivity index (χ1v) is 9.42. The van der Waals surface area contributed by atoms with E-state index >= 15 is 0 Å². The van der Waals surface area contributed by atoms with Gasteiger partial charge in [-0.15, -0.1) is 0 Å². The summed E-state index contributed by atoms with van der Waals surface area (Å²) >= 11 is 0. The Labute approximate surface area is 162 Å². The normalized spacial score (nSPS) is 14.6. The lowest BCUT2D eigenvalue weighted by Gasteiger charge is -2.15. The Balaban J connectivity index is 1.48. The van der Waals surface area contributed by atoms with E-state index in [0.717, 1.165) is 24.1 Å². The predicted octanol–water partition coefficient (Wildman–Crippen LogP) is 2.84. The molecule has 0 radical (unpaired) electrons. The molecule has 1 aromatic carbocycles. The van der Waals surface area contributed by atoms with E-state index in [1.807, 2.05) is 30.3 Å². The number of rotatable bonds is 6. The highest BCUT2D eigenvalue weighted by molar-refractivity contribution is 6.07. The van der Waals surface area contributed by atoms with Gasteiger partial charge in [0.25, 0.3) is 11.6 Å². The highest BCUT2D eigenvalue weighted by atomic mass is 16.5. The largest absolute Gasteiger partial charge is 0.350 e. The molecule has 7 heteroatoms. The molecule has 4 rings (SSSR count). The number of hydrogen-bond acceptors (Lipinski definition) is 5. The summed E-state index contributed by atoms with van der Waals surface area (Å²) in [6.07, 6.45) is 2.12. The van der Waals surface area contributed by atoms with Gasteiger partial charge < -0.3 is 15.2 Å². The van der Waals surface area contributed by atoms with Gasteiger partial charge in [-0.3, -0.25) is 9.59 Å². The Bertz CT molecular complexity index is 1020. The van der Waals surface area contributed by atoms with Crippen LogP contribution < -0.4 is 10.6 Å². The summed E-state index contributed by atoms with van der Waals surface area (Å²) in [6, 6.07) is 10.8. The zero-order valence-electron chi connectivity index (χ0n) is 15.9. The van der Waals surface area contributed by atoms with E-state index in [0.29, 0.717) is 34.8 Å². The lowest BCUT2D eigenvalue weighted by atomic mass is 10.1. The van der Waals surface area contributed by atoms with Crippen molar-refractivity contribution >= 4 is 22.9 Å². The van der Waals surface area contributed by atoms with Crippen LogP contribution in [0.4, 0.5) is 0 Å². The standard InChI is InChI=1S/C21H22N4O3/c1-12-18-16(10-17(15-8-9-15)24-21(18)28-25-12)20(27)23-13(2)19(26)22-11-14-6-4-3-5-7-14/h3-7,10,13,15H,8-9,11H2,1-2H3,(H,22,26)(H,23,27)/t13-/m1/s1. The first-order chi connectivity index (χ1) is 13.5. The lowest BCUT2D eigenvalue weighted by molar-refractivity contribution is -0.122. The van der Waals surface area contributed by atoms with Crippen molar-refractivity contribution in [3.8, 4) is 0 Å². The molecule has 0 unspecified atom stereocenters. The van der Waals surface area contributed by atoms with Crippen molar-refractivity contribution in [1.29, 1.82) is 0 Å². The second-order valence-corrected chi connectivity index (χ2v) is 7.22. The number of carbonyl (C=O) groups is 2. The van der Waals surface area contributed by atoms with Crippen molar-refractivity contribution in [3.05, 3.63) is 58.9 Å². The predicted molar refractivity (Wildman–Crippen MR) is 104 cm³/mol. The highest BCUT2D eigenvalue weighted by Gasteiger charge is 2.29. The number of amides is 2. The molecule has 3 aromatic rings. The zero-order valence-corrected chi connectivity index (χ0v) is 15.9. The molecule has 1 fully saturated rings. The Morgan fingerprint density at radius 3 is 2.71 bits per heavy atom. The molecule has 2 heterocycles. The van der Waals surface area contributed by atoms with Gasteiger partial charge in [0.1, 0.15) is 6.04 Å². The Morgan fingerprint density at radius 2 is 2.00 bits per heavy atom. The van der Waals surface area contributed by atoms with Gasteiger partial charge in [-0.25, -0.2) is 4.98 Å². The summed E-state index contributed by atoms with van der Waals surface area (Å²) in [5.74, 6) is -0.206. The second kappa shape index (κ2) is 7.42. The molecule has 0 bridgehead atoms. The first-order valence-electron chi connectivity index (χ1n) is 9.42. The minimum absolute atomic E-state index is 0.244. The molecule has 7 nitrogen and oxygen atoms in total. The van der Waals surface area contributed by atoms with Gasteiger partial charge in [-0.05, 0) is 38.3 Å². The third-order valence-corrected chi connectivity index (χ3v) is 4.93. The molecule has 28 heavy (non-hydrogen) atoms. The number of benzene rings is 1. The van der Waals surface area contributed by atoms with Crippen LogP contribution in [-0.2, 0) is 11.3 Å². The van der Waals surface area contributed by atoms with Crippen LogP contribution in [0, 0.1) is 6.92 Å². The summed E-state index contributed by atoms with van der Waals surface area (Å²) < 4.78 is 5.28. The van der Waals surface area contributed by atoms with Crippen LogP contribution in [0.2, 0.25) is 0 Å². The van der Waals surface area contributed by atoms with Crippen molar-refractivity contribution in [3.63, 3.8) is 0 Å². The summed E-state index contributed by atoms with van der Waals surface area (Å²) in [6.45, 7) is 3.85. The molecule has 0 aliphatic heterocycles. The maximum Gasteiger partial charge on any atom is 0.259 e. The fourth-order valence-corrected chi connectivity index (χ4v) is 3.16. The topological polar surface area (TPSA) is 97.1 Å². The van der Waals surface area contributed by atoms with Crippen molar-refractivity contribution in [1.82, 2.24) is 20.8 Å². The summed E-state index contributed by atoms with van der Waals surface area (Å²) in [4.78, 5) is 29.8. The van der Waals surface area contributed by atoms with E-state index in [1.54, 1.807) is 19.9 Å². The number of pyridine rings is 1. The SMILES string of the molecule is Cc1noc2nc(C3CC3)cc(C(=O)N[C@H](C)C(=O)NCc3ccccc3)c12. The first kappa shape index (κ1) is 18.2. The van der Waals surface area contributed by atoms with Crippen LogP contribution in [0.15, 0.2) is 40.9 Å². The van der Waals surface area contributed by atoms with Gasteiger partial charge in [-0.1, -0.05) is 35.5 Å². The van der Waals surface area contributed by atoms with Gasteiger partial charge in [-0.2, -0.15) is 0 Å². The molecule has 2 aromatic heterocycles. The highest BCUT2D eigenvalue weighted by Crippen LogP contribution is 2.40. The number of carbonyl (C=O) groups excluding carboxylic acids is 2. The average molecular weight is 378 g/mol. The van der Waals surface area contributed by atoms with Gasteiger partial charge in [0.05, 0.1) is 16.6 Å². The van der Waals surface area contributed by atoms with Crippen LogP contribution in [-0.4, -0.2) is 28.0 Å². The van der Waals surface area contributed by atoms with Crippen LogP contribution in [0.1, 0.15) is 53.0 Å².